The van der Waals surface area contributed by atoms with Crippen LogP contribution in [0.2, 0.25) is 0 Å². The van der Waals surface area contributed by atoms with Gasteiger partial charge in [-0.25, -0.2) is 0 Å². The van der Waals surface area contributed by atoms with Gasteiger partial charge in [-0.15, -0.1) is 0 Å². The zero-order valence-electron chi connectivity index (χ0n) is 10.5. The van der Waals surface area contributed by atoms with Gasteiger partial charge in [0.1, 0.15) is 13.2 Å². The van der Waals surface area contributed by atoms with E-state index in [4.69, 9.17) is 9.47 Å². The zero-order chi connectivity index (χ0) is 13.4. The van der Waals surface area contributed by atoms with Crippen LogP contribution < -0.4 is 9.47 Å². The molecule has 1 aliphatic heterocycles. The van der Waals surface area contributed by atoms with Crippen molar-refractivity contribution in [2.45, 2.75) is 6.42 Å². The van der Waals surface area contributed by atoms with E-state index in [0.717, 1.165) is 0 Å². The molecule has 5 heteroatoms. The molecule has 0 N–H and O–H groups in total. The maximum atomic E-state index is 12.2. The molecule has 0 aromatic heterocycles. The monoisotopic (exact) mass is 262 g/mol. The van der Waals surface area contributed by atoms with E-state index in [-0.39, 0.29) is 23.6 Å². The molecule has 1 heterocycles. The summed E-state index contributed by atoms with van der Waals surface area (Å²) in [5.74, 6) is 0.361. The Morgan fingerprint density at radius 1 is 1.16 bits per heavy atom. The lowest BCUT2D eigenvalue weighted by Crippen LogP contribution is -2.16. The molecule has 0 radical (unpaired) electrons. The minimum atomic E-state index is -0.309. The lowest BCUT2D eigenvalue weighted by molar-refractivity contribution is -0.142. The van der Waals surface area contributed by atoms with Crippen molar-refractivity contribution in [1.82, 2.24) is 0 Å². The van der Waals surface area contributed by atoms with E-state index >= 15 is 0 Å². The summed E-state index contributed by atoms with van der Waals surface area (Å²) < 4.78 is 15.5. The van der Waals surface area contributed by atoms with Crippen molar-refractivity contribution in [3.63, 3.8) is 0 Å². The van der Waals surface area contributed by atoms with Crippen LogP contribution in [0.4, 0.5) is 0 Å². The standard InChI is InChI=1S/C14H14O5/c1-17-14(16)10-7-9(10)13(15)8-2-3-11-12(6-8)19-5-4-18-11/h2-3,6,9-10H,4-5,7H2,1H3/t9-,10-/m0/s1. The van der Waals surface area contributed by atoms with Crippen molar-refractivity contribution in [3.05, 3.63) is 23.8 Å². The first-order chi connectivity index (χ1) is 9.20. The molecule has 100 valence electrons. The number of methoxy groups -OCH3 is 1. The molecular weight excluding hydrogens is 248 g/mol. The third-order valence-corrected chi connectivity index (χ3v) is 3.46. The van der Waals surface area contributed by atoms with Gasteiger partial charge in [0.15, 0.2) is 17.3 Å². The van der Waals surface area contributed by atoms with E-state index < -0.39 is 0 Å². The summed E-state index contributed by atoms with van der Waals surface area (Å²) in [6, 6.07) is 5.13. The summed E-state index contributed by atoms with van der Waals surface area (Å²) in [6.45, 7) is 1.01. The molecule has 1 aromatic carbocycles. The number of benzene rings is 1. The number of hydrogen-bond donors (Lipinski definition) is 0. The van der Waals surface area contributed by atoms with Crippen LogP contribution in [0.15, 0.2) is 18.2 Å². The minimum absolute atomic E-state index is 0.0348. The Bertz CT molecular complexity index is 537. The second-order valence-electron chi connectivity index (χ2n) is 4.69. The van der Waals surface area contributed by atoms with E-state index in [2.05, 4.69) is 4.74 Å². The van der Waals surface area contributed by atoms with Gasteiger partial charge in [0, 0.05) is 11.5 Å². The Labute approximate surface area is 110 Å². The van der Waals surface area contributed by atoms with Crippen LogP contribution in [-0.4, -0.2) is 32.1 Å². The highest BCUT2D eigenvalue weighted by atomic mass is 16.6. The van der Waals surface area contributed by atoms with Crippen molar-refractivity contribution < 1.29 is 23.8 Å². The Kier molecular flexibility index (Phi) is 2.89. The summed E-state index contributed by atoms with van der Waals surface area (Å²) in [4.78, 5) is 23.6. The lowest BCUT2D eigenvalue weighted by atomic mass is 10.1. The van der Waals surface area contributed by atoms with Crippen molar-refractivity contribution in [3.8, 4) is 11.5 Å². The largest absolute Gasteiger partial charge is 0.486 e. The summed E-state index contributed by atoms with van der Waals surface area (Å²) in [7, 11) is 1.34. The molecule has 2 atom stereocenters. The molecule has 0 unspecified atom stereocenters. The number of ketones is 1. The molecule has 3 rings (SSSR count). The summed E-state index contributed by atoms with van der Waals surface area (Å²) in [6.07, 6.45) is 0.569. The Balaban J connectivity index is 1.76. The number of carbonyl (C=O) groups excluding carboxylic acids is 2. The molecule has 0 saturated heterocycles. The number of carbonyl (C=O) groups is 2. The van der Waals surface area contributed by atoms with E-state index in [9.17, 15) is 9.59 Å². The molecule has 1 fully saturated rings. The Morgan fingerprint density at radius 3 is 2.63 bits per heavy atom. The SMILES string of the molecule is COC(=O)[C@H]1C[C@@H]1C(=O)c1ccc2c(c1)OCCO2. The molecule has 1 aliphatic carbocycles. The molecule has 19 heavy (non-hydrogen) atoms. The quantitative estimate of drug-likeness (QED) is 0.609. The summed E-state index contributed by atoms with van der Waals surface area (Å²) in [5, 5.41) is 0. The smallest absolute Gasteiger partial charge is 0.309 e. The van der Waals surface area contributed by atoms with E-state index in [0.29, 0.717) is 36.7 Å². The molecule has 0 amide bonds. The maximum Gasteiger partial charge on any atom is 0.309 e. The number of fused-ring (bicyclic) bond motifs is 1. The minimum Gasteiger partial charge on any atom is -0.486 e. The van der Waals surface area contributed by atoms with Crippen LogP contribution in [0.3, 0.4) is 0 Å². The predicted octanol–water partition coefficient (Wildman–Crippen LogP) is 1.45. The first-order valence-corrected chi connectivity index (χ1v) is 6.22. The average Bonchev–Trinajstić information content (AvgIpc) is 3.25. The second kappa shape index (κ2) is 4.57. The van der Waals surface area contributed by atoms with Gasteiger partial charge < -0.3 is 14.2 Å². The fraction of sp³-hybridized carbons (Fsp3) is 0.429. The zero-order valence-corrected chi connectivity index (χ0v) is 10.5. The van der Waals surface area contributed by atoms with Gasteiger partial charge in [-0.3, -0.25) is 9.59 Å². The average molecular weight is 262 g/mol. The van der Waals surface area contributed by atoms with Gasteiger partial charge in [-0.1, -0.05) is 0 Å². The normalized spacial score (nSPS) is 23.6. The molecular formula is C14H14O5. The summed E-state index contributed by atoms with van der Waals surface area (Å²) >= 11 is 0. The van der Waals surface area contributed by atoms with E-state index in [1.165, 1.54) is 7.11 Å². The third-order valence-electron chi connectivity index (χ3n) is 3.46. The summed E-state index contributed by atoms with van der Waals surface area (Å²) in [5.41, 5.74) is 0.556. The Morgan fingerprint density at radius 2 is 1.89 bits per heavy atom. The highest BCUT2D eigenvalue weighted by Gasteiger charge is 2.49. The molecule has 1 saturated carbocycles. The van der Waals surface area contributed by atoms with E-state index in [1.54, 1.807) is 18.2 Å². The first-order valence-electron chi connectivity index (χ1n) is 6.22. The predicted molar refractivity (Wildman–Crippen MR) is 65.4 cm³/mol. The number of ether oxygens (including phenoxy) is 3. The van der Waals surface area contributed by atoms with Crippen molar-refractivity contribution in [2.24, 2.45) is 11.8 Å². The number of rotatable bonds is 3. The first kappa shape index (κ1) is 12.0. The van der Waals surface area contributed by atoms with E-state index in [1.807, 2.05) is 0 Å². The number of esters is 1. The second-order valence-corrected chi connectivity index (χ2v) is 4.69. The van der Waals surface area contributed by atoms with Crippen LogP contribution >= 0.6 is 0 Å². The molecule has 5 nitrogen and oxygen atoms in total. The fourth-order valence-electron chi connectivity index (χ4n) is 2.31. The van der Waals surface area contributed by atoms with Gasteiger partial charge in [-0.05, 0) is 24.6 Å². The van der Waals surface area contributed by atoms with Gasteiger partial charge >= 0.3 is 5.97 Å². The van der Waals surface area contributed by atoms with Crippen LogP contribution in [-0.2, 0) is 9.53 Å². The lowest BCUT2D eigenvalue weighted by Gasteiger charge is -2.18. The molecule has 0 bridgehead atoms. The Hall–Kier alpha value is -2.04. The highest BCUT2D eigenvalue weighted by molar-refractivity contribution is 6.03. The van der Waals surface area contributed by atoms with Crippen LogP contribution in [0.5, 0.6) is 11.5 Å². The van der Waals surface area contributed by atoms with Crippen molar-refractivity contribution in [1.29, 1.82) is 0 Å². The van der Waals surface area contributed by atoms with Gasteiger partial charge in [0.05, 0.1) is 13.0 Å². The van der Waals surface area contributed by atoms with Crippen molar-refractivity contribution >= 4 is 11.8 Å². The van der Waals surface area contributed by atoms with Crippen LogP contribution in [0.1, 0.15) is 16.8 Å². The number of hydrogen-bond acceptors (Lipinski definition) is 5. The fourth-order valence-corrected chi connectivity index (χ4v) is 2.31. The van der Waals surface area contributed by atoms with Gasteiger partial charge in [-0.2, -0.15) is 0 Å². The highest BCUT2D eigenvalue weighted by Crippen LogP contribution is 2.42. The van der Waals surface area contributed by atoms with Gasteiger partial charge in [0.2, 0.25) is 0 Å². The van der Waals surface area contributed by atoms with Crippen LogP contribution in [0, 0.1) is 11.8 Å². The maximum absolute atomic E-state index is 12.2. The molecule has 0 spiro atoms. The third kappa shape index (κ3) is 2.16. The molecule has 1 aromatic rings. The van der Waals surface area contributed by atoms with Crippen LogP contribution in [0.25, 0.3) is 0 Å². The molecule has 2 aliphatic rings. The van der Waals surface area contributed by atoms with Gasteiger partial charge in [0.25, 0.3) is 0 Å². The van der Waals surface area contributed by atoms with Crippen molar-refractivity contribution in [2.75, 3.05) is 20.3 Å². The topological polar surface area (TPSA) is 61.8 Å². The number of Topliss-reactive ketones (excluding diaryl/α,β-unsaturated/α-hetero) is 1.